The van der Waals surface area contributed by atoms with Gasteiger partial charge in [0.05, 0.1) is 0 Å². The first-order valence-corrected chi connectivity index (χ1v) is 7.20. The van der Waals surface area contributed by atoms with Gasteiger partial charge in [0.1, 0.15) is 0 Å². The van der Waals surface area contributed by atoms with Gasteiger partial charge in [0.2, 0.25) is 0 Å². The largest absolute Gasteiger partial charge is 3.00 e. The quantitative estimate of drug-likeness (QED) is 0.455. The van der Waals surface area contributed by atoms with E-state index in [0.717, 1.165) is 12.8 Å². The summed E-state index contributed by atoms with van der Waals surface area (Å²) in [6.45, 7) is 0. The van der Waals surface area contributed by atoms with Crippen molar-refractivity contribution in [1.82, 2.24) is 0 Å². The van der Waals surface area contributed by atoms with E-state index in [2.05, 4.69) is 48.6 Å². The normalized spacial score (nSPS) is 12.4. The fourth-order valence-electron chi connectivity index (χ4n) is 1.33. The molecule has 0 aromatic heterocycles. The van der Waals surface area contributed by atoms with Crippen LogP contribution in [-0.4, -0.2) is 10.2 Å². The third-order valence-electron chi connectivity index (χ3n) is 2.30. The maximum absolute atomic E-state index is 2.99. The van der Waals surface area contributed by atoms with E-state index >= 15 is 0 Å². The van der Waals surface area contributed by atoms with E-state index in [-0.39, 0.29) is 43.2 Å². The van der Waals surface area contributed by atoms with Crippen molar-refractivity contribution in [2.24, 2.45) is 0 Å². The van der Waals surface area contributed by atoms with Crippen LogP contribution in [0.2, 0.25) is 0 Å². The molecule has 0 unspecified atom stereocenters. The molecule has 0 heterocycles. The predicted molar refractivity (Wildman–Crippen MR) is 81.8 cm³/mol. The minimum absolute atomic E-state index is 0. The molecule has 0 spiro atoms. The van der Waals surface area contributed by atoms with E-state index < -0.39 is 0 Å². The Morgan fingerprint density at radius 1 is 0.900 bits per heavy atom. The van der Waals surface area contributed by atoms with E-state index in [1.807, 2.05) is 40.6 Å². The van der Waals surface area contributed by atoms with Crippen LogP contribution >= 0.6 is 0 Å². The van der Waals surface area contributed by atoms with Crippen molar-refractivity contribution < 1.29 is 43.2 Å². The van der Waals surface area contributed by atoms with Crippen LogP contribution in [-0.2, 0) is 32.2 Å². The maximum Gasteiger partial charge on any atom is 3.00 e. The van der Waals surface area contributed by atoms with Crippen LogP contribution < -0.4 is 17.0 Å². The average Bonchev–Trinajstić information content (AvgIpc) is 3.17. The van der Waals surface area contributed by atoms with Crippen molar-refractivity contribution >= 4 is 10.2 Å². The molecule has 2 aliphatic carbocycles. The molecular weight excluding hydrogens is 403 g/mol. The second-order valence-electron chi connectivity index (χ2n) is 3.74. The van der Waals surface area contributed by atoms with Gasteiger partial charge < -0.3 is 17.0 Å². The van der Waals surface area contributed by atoms with E-state index in [4.69, 9.17) is 0 Å². The summed E-state index contributed by atoms with van der Waals surface area (Å²) >= 11 is 0. The Morgan fingerprint density at radius 3 is 1.60 bits per heavy atom. The van der Waals surface area contributed by atoms with Crippen molar-refractivity contribution in [3.05, 3.63) is 84.5 Å². The van der Waals surface area contributed by atoms with Crippen molar-refractivity contribution in [3.63, 3.8) is 0 Å². The first-order chi connectivity index (χ1) is 8.93. The second kappa shape index (κ2) is 16.8. The number of halogens is 1. The van der Waals surface area contributed by atoms with Gasteiger partial charge in [0, 0.05) is 10.2 Å². The molecule has 0 saturated heterocycles. The van der Waals surface area contributed by atoms with Crippen LogP contribution in [0.3, 0.4) is 0 Å². The fourth-order valence-corrected chi connectivity index (χ4v) is 1.66. The molecule has 2 radical (unpaired) electrons. The molecule has 3 heteroatoms. The molecule has 102 valence electrons. The van der Waals surface area contributed by atoms with Crippen LogP contribution in [0.25, 0.3) is 0 Å². The van der Waals surface area contributed by atoms with Gasteiger partial charge in [0.25, 0.3) is 0 Å². The molecule has 1 aromatic rings. The summed E-state index contributed by atoms with van der Waals surface area (Å²) in [6, 6.07) is 11.6. The van der Waals surface area contributed by atoms with Gasteiger partial charge in [-0.1, -0.05) is 35.9 Å². The molecule has 0 aliphatic heterocycles. The summed E-state index contributed by atoms with van der Waals surface area (Å²) in [7, 11) is 1.98. The number of rotatable bonds is 1. The molecule has 3 rings (SSSR count). The maximum atomic E-state index is 2.99. The van der Waals surface area contributed by atoms with Gasteiger partial charge in [-0.05, 0) is 6.04 Å². The standard InChI is InChI=1S/C7H9Si.2C5H5.BrH.Zr/c8-6-7-4-2-1-3-5-7;2*1-2-4-5-3-1;;/h1-5H,6,8H2;2*1-3H,4H2;1H;/q;2*-1;;+3/p-1. The molecule has 2 aliphatic rings. The van der Waals surface area contributed by atoms with E-state index in [1.54, 1.807) is 0 Å². The van der Waals surface area contributed by atoms with Gasteiger partial charge in [-0.25, -0.2) is 24.3 Å². The fraction of sp³-hybridized carbons (Fsp3) is 0.176. The summed E-state index contributed by atoms with van der Waals surface area (Å²) in [5, 5.41) is 0. The molecule has 0 saturated carbocycles. The number of hydrogen-bond donors (Lipinski definition) is 0. The first-order valence-electron chi connectivity index (χ1n) is 6.20. The molecule has 0 N–H and O–H groups in total. The SMILES string of the molecule is [Br-].[C-]1=CC=CC1.[C-]1=CC=CC1.[SiH2]Cc1ccccc1.[Zr+3]. The second-order valence-corrected chi connectivity index (χ2v) is 4.24. The van der Waals surface area contributed by atoms with Crippen molar-refractivity contribution in [3.8, 4) is 0 Å². The minimum atomic E-state index is 0. The van der Waals surface area contributed by atoms with Crippen molar-refractivity contribution in [1.29, 1.82) is 0 Å². The van der Waals surface area contributed by atoms with Crippen LogP contribution in [0.1, 0.15) is 18.4 Å². The molecule has 0 fully saturated rings. The van der Waals surface area contributed by atoms with Gasteiger partial charge >= 0.3 is 26.2 Å². The Labute approximate surface area is 156 Å². The zero-order chi connectivity index (χ0) is 12.9. The number of hydrogen-bond acceptors (Lipinski definition) is 0. The van der Waals surface area contributed by atoms with E-state index in [0.29, 0.717) is 0 Å². The monoisotopic (exact) mass is 420 g/mol. The zero-order valence-electron chi connectivity index (χ0n) is 11.6. The molecule has 0 bridgehead atoms. The zero-order valence-corrected chi connectivity index (χ0v) is 17.0. The van der Waals surface area contributed by atoms with Gasteiger partial charge in [0.15, 0.2) is 0 Å². The van der Waals surface area contributed by atoms with Gasteiger partial charge in [-0.15, -0.1) is 12.8 Å². The molecular formula is C17H19BrSiZr. The van der Waals surface area contributed by atoms with Crippen LogP contribution in [0.15, 0.2) is 66.8 Å². The summed E-state index contributed by atoms with van der Waals surface area (Å²) in [4.78, 5) is 0. The van der Waals surface area contributed by atoms with E-state index in [1.165, 1.54) is 11.6 Å². The molecule has 20 heavy (non-hydrogen) atoms. The summed E-state index contributed by atoms with van der Waals surface area (Å²) < 4.78 is 0. The first kappa shape index (κ1) is 22.0. The Morgan fingerprint density at radius 2 is 1.40 bits per heavy atom. The third-order valence-corrected chi connectivity index (χ3v) is 2.88. The summed E-state index contributed by atoms with van der Waals surface area (Å²) in [6.07, 6.45) is 20.0. The summed E-state index contributed by atoms with van der Waals surface area (Å²) in [5.41, 5.74) is 1.42. The Bertz CT molecular complexity index is 380. The van der Waals surface area contributed by atoms with Crippen molar-refractivity contribution in [2.75, 3.05) is 0 Å². The summed E-state index contributed by atoms with van der Waals surface area (Å²) in [5.74, 6) is 0. The molecule has 1 aromatic carbocycles. The Hall–Kier alpha value is -0.240. The van der Waals surface area contributed by atoms with Gasteiger partial charge in [-0.3, -0.25) is 12.2 Å². The number of benzene rings is 1. The Kier molecular flexibility index (Phi) is 18.5. The molecule has 0 atom stereocenters. The predicted octanol–water partition coefficient (Wildman–Crippen LogP) is 0.433. The van der Waals surface area contributed by atoms with Crippen molar-refractivity contribution in [2.45, 2.75) is 18.9 Å². The molecule has 0 amide bonds. The smallest absolute Gasteiger partial charge is 1.00 e. The number of allylic oxidation sites excluding steroid dienone is 8. The minimum Gasteiger partial charge on any atom is -1.00 e. The van der Waals surface area contributed by atoms with Crippen LogP contribution in [0.4, 0.5) is 0 Å². The average molecular weight is 423 g/mol. The van der Waals surface area contributed by atoms with E-state index in [9.17, 15) is 0 Å². The topological polar surface area (TPSA) is 0 Å². The van der Waals surface area contributed by atoms with Crippen LogP contribution in [0.5, 0.6) is 0 Å². The van der Waals surface area contributed by atoms with Crippen LogP contribution in [0, 0.1) is 12.2 Å². The molecule has 0 nitrogen and oxygen atoms in total. The van der Waals surface area contributed by atoms with Gasteiger partial charge in [-0.2, -0.15) is 12.2 Å². The third kappa shape index (κ3) is 12.8. The Balaban J connectivity index is 0.